The molecule has 6 heteroatoms. The van der Waals surface area contributed by atoms with Gasteiger partial charge in [0.25, 0.3) is 0 Å². The summed E-state index contributed by atoms with van der Waals surface area (Å²) in [7, 11) is 0. The highest BCUT2D eigenvalue weighted by Crippen LogP contribution is 2.16. The number of carbonyl (C=O) groups excluding carboxylic acids is 2. The molecule has 64 heavy (non-hydrogen) atoms. The number of unbranched alkanes of at least 4 members (excludes halogenated alkanes) is 21. The second kappa shape index (κ2) is 50.8. The van der Waals surface area contributed by atoms with Crippen LogP contribution >= 0.6 is 0 Å². The molecule has 0 aliphatic heterocycles. The van der Waals surface area contributed by atoms with Gasteiger partial charge in [0.1, 0.15) is 6.10 Å². The first-order chi connectivity index (χ1) is 31.5. The van der Waals surface area contributed by atoms with Crippen LogP contribution in [0.1, 0.15) is 233 Å². The van der Waals surface area contributed by atoms with E-state index in [2.05, 4.69) is 111 Å². The Morgan fingerprint density at radius 1 is 0.500 bits per heavy atom. The molecular weight excluding hydrogens is 791 g/mol. The SMILES string of the molecule is CC/C=C\C/C=C\C/C=C\C/C=C\C/C=C\CC(CC(=O)NC(CO)C(O)CCCCCCCCCCCCCCCCCCC)OC(=O)CCCCCCC\C=C/C=C/C=C/CC. The summed E-state index contributed by atoms with van der Waals surface area (Å²) >= 11 is 0. The van der Waals surface area contributed by atoms with E-state index in [1.807, 2.05) is 12.2 Å². The molecule has 0 aromatic rings. The fourth-order valence-electron chi connectivity index (χ4n) is 7.51. The quantitative estimate of drug-likeness (QED) is 0.0245. The van der Waals surface area contributed by atoms with Crippen LogP contribution in [0.3, 0.4) is 0 Å². The smallest absolute Gasteiger partial charge is 0.306 e. The fraction of sp³-hybridized carbons (Fsp3) is 0.690. The minimum absolute atomic E-state index is 0.0139. The zero-order chi connectivity index (χ0) is 46.7. The summed E-state index contributed by atoms with van der Waals surface area (Å²) in [5.41, 5.74) is 0. The Kier molecular flexibility index (Phi) is 48.2. The van der Waals surface area contributed by atoms with Crippen LogP contribution in [0.15, 0.2) is 97.2 Å². The lowest BCUT2D eigenvalue weighted by Crippen LogP contribution is -2.46. The Balaban J connectivity index is 4.69. The van der Waals surface area contributed by atoms with Crippen molar-refractivity contribution in [2.24, 2.45) is 0 Å². The van der Waals surface area contributed by atoms with Crippen LogP contribution in [0, 0.1) is 0 Å². The number of allylic oxidation sites excluding steroid dienone is 15. The van der Waals surface area contributed by atoms with Crippen LogP contribution in [0.25, 0.3) is 0 Å². The van der Waals surface area contributed by atoms with Gasteiger partial charge >= 0.3 is 5.97 Å². The van der Waals surface area contributed by atoms with Crippen molar-refractivity contribution in [2.45, 2.75) is 251 Å². The number of nitrogens with one attached hydrogen (secondary N) is 1. The molecule has 3 unspecified atom stereocenters. The molecule has 0 spiro atoms. The standard InChI is InChI=1S/C58H99NO5/c1-4-7-10-13-16-19-22-25-27-28-30-33-35-38-41-44-47-50-56(61)55(53-60)59-57(62)52-54(49-46-43-40-37-34-32-29-26-23-20-17-14-11-8-5-2)64-58(63)51-48-45-42-39-36-31-24-21-18-15-12-9-6-3/h8-9,11-12,15,17-18,20-21,24,26,29,34,37,43,46,54-56,60-61H,4-7,10,13-14,16,19,22-23,25,27-28,30-33,35-36,38-42,44-45,47-53H2,1-3H3,(H,59,62)/b11-8-,12-9+,18-15+,20-17-,24-21-,29-26-,37-34-,46-43-. The predicted molar refractivity (Wildman–Crippen MR) is 277 cm³/mol. The molecule has 0 rings (SSSR count). The van der Waals surface area contributed by atoms with Crippen LogP contribution in [0.5, 0.6) is 0 Å². The highest BCUT2D eigenvalue weighted by molar-refractivity contribution is 5.77. The van der Waals surface area contributed by atoms with E-state index in [-0.39, 0.29) is 24.9 Å². The molecule has 0 radical (unpaired) electrons. The van der Waals surface area contributed by atoms with Crippen molar-refractivity contribution >= 4 is 11.9 Å². The van der Waals surface area contributed by atoms with Gasteiger partial charge in [-0.1, -0.05) is 246 Å². The molecule has 0 aliphatic carbocycles. The summed E-state index contributed by atoms with van der Waals surface area (Å²) in [6.45, 7) is 6.21. The average Bonchev–Trinajstić information content (AvgIpc) is 3.29. The molecule has 3 N–H and O–H groups in total. The van der Waals surface area contributed by atoms with Gasteiger partial charge in [-0.25, -0.2) is 0 Å². The first-order valence-electron chi connectivity index (χ1n) is 26.5. The largest absolute Gasteiger partial charge is 0.461 e. The molecule has 0 aromatic heterocycles. The molecule has 0 fully saturated rings. The van der Waals surface area contributed by atoms with Crippen LogP contribution in [-0.4, -0.2) is 46.9 Å². The van der Waals surface area contributed by atoms with Crippen molar-refractivity contribution < 1.29 is 24.5 Å². The second-order valence-electron chi connectivity index (χ2n) is 17.6. The number of hydrogen-bond donors (Lipinski definition) is 3. The van der Waals surface area contributed by atoms with Crippen molar-refractivity contribution in [3.05, 3.63) is 97.2 Å². The summed E-state index contributed by atoms with van der Waals surface area (Å²) in [6, 6.07) is -0.742. The maximum absolute atomic E-state index is 13.2. The number of amides is 1. The van der Waals surface area contributed by atoms with Gasteiger partial charge in [-0.2, -0.15) is 0 Å². The summed E-state index contributed by atoms with van der Waals surface area (Å²) < 4.78 is 5.86. The Morgan fingerprint density at radius 3 is 1.44 bits per heavy atom. The van der Waals surface area contributed by atoms with E-state index in [1.165, 1.54) is 89.9 Å². The Labute approximate surface area is 395 Å². The van der Waals surface area contributed by atoms with Crippen molar-refractivity contribution in [2.75, 3.05) is 6.61 Å². The molecule has 0 saturated heterocycles. The predicted octanol–water partition coefficient (Wildman–Crippen LogP) is 16.1. The molecule has 0 aromatic carbocycles. The summed E-state index contributed by atoms with van der Waals surface area (Å²) in [5.74, 6) is -0.609. The molecule has 0 saturated carbocycles. The highest BCUT2D eigenvalue weighted by Gasteiger charge is 2.23. The molecule has 0 bridgehead atoms. The lowest BCUT2D eigenvalue weighted by atomic mass is 10.0. The molecular formula is C58H99NO5. The fourth-order valence-corrected chi connectivity index (χ4v) is 7.51. The number of aliphatic hydroxyl groups is 2. The Morgan fingerprint density at radius 2 is 0.938 bits per heavy atom. The Hall–Kier alpha value is -3.22. The van der Waals surface area contributed by atoms with Crippen LogP contribution < -0.4 is 5.32 Å². The number of carbonyl (C=O) groups is 2. The monoisotopic (exact) mass is 890 g/mol. The number of rotatable bonds is 46. The van der Waals surface area contributed by atoms with Gasteiger partial charge in [-0.3, -0.25) is 9.59 Å². The van der Waals surface area contributed by atoms with E-state index in [4.69, 9.17) is 4.74 Å². The zero-order valence-electron chi connectivity index (χ0n) is 41.6. The van der Waals surface area contributed by atoms with Crippen molar-refractivity contribution in [3.63, 3.8) is 0 Å². The van der Waals surface area contributed by atoms with Gasteiger partial charge in [0.15, 0.2) is 0 Å². The first-order valence-corrected chi connectivity index (χ1v) is 26.5. The number of ether oxygens (including phenoxy) is 1. The molecule has 1 amide bonds. The molecule has 0 heterocycles. The summed E-state index contributed by atoms with van der Waals surface area (Å²) in [4.78, 5) is 26.1. The van der Waals surface area contributed by atoms with E-state index >= 15 is 0 Å². The lowest BCUT2D eigenvalue weighted by molar-refractivity contribution is -0.150. The number of hydrogen-bond acceptors (Lipinski definition) is 5. The minimum Gasteiger partial charge on any atom is -0.461 e. The molecule has 6 nitrogen and oxygen atoms in total. The van der Waals surface area contributed by atoms with Crippen molar-refractivity contribution in [1.29, 1.82) is 0 Å². The molecule has 3 atom stereocenters. The number of aliphatic hydroxyl groups excluding tert-OH is 2. The lowest BCUT2D eigenvalue weighted by Gasteiger charge is -2.24. The second-order valence-corrected chi connectivity index (χ2v) is 17.6. The van der Waals surface area contributed by atoms with E-state index in [1.54, 1.807) is 0 Å². The third-order valence-electron chi connectivity index (χ3n) is 11.5. The Bertz CT molecular complexity index is 1270. The van der Waals surface area contributed by atoms with Gasteiger partial charge in [0.05, 0.1) is 25.2 Å². The van der Waals surface area contributed by atoms with Crippen molar-refractivity contribution in [1.82, 2.24) is 5.32 Å². The van der Waals surface area contributed by atoms with Gasteiger partial charge < -0.3 is 20.3 Å². The highest BCUT2D eigenvalue weighted by atomic mass is 16.5. The summed E-state index contributed by atoms with van der Waals surface area (Å²) in [6.07, 6.45) is 67.7. The van der Waals surface area contributed by atoms with E-state index in [9.17, 15) is 19.8 Å². The third kappa shape index (κ3) is 45.4. The van der Waals surface area contributed by atoms with E-state index < -0.39 is 18.2 Å². The van der Waals surface area contributed by atoms with Crippen LogP contribution in [0.4, 0.5) is 0 Å². The van der Waals surface area contributed by atoms with Gasteiger partial charge in [0.2, 0.25) is 5.91 Å². The number of esters is 1. The van der Waals surface area contributed by atoms with Crippen LogP contribution in [0.2, 0.25) is 0 Å². The maximum Gasteiger partial charge on any atom is 0.306 e. The normalized spacial score (nSPS) is 14.0. The minimum atomic E-state index is -0.821. The topological polar surface area (TPSA) is 95.9 Å². The van der Waals surface area contributed by atoms with Gasteiger partial charge in [-0.05, 0) is 64.2 Å². The zero-order valence-corrected chi connectivity index (χ0v) is 41.6. The molecule has 366 valence electrons. The van der Waals surface area contributed by atoms with Crippen molar-refractivity contribution in [3.8, 4) is 0 Å². The first kappa shape index (κ1) is 60.8. The average molecular weight is 890 g/mol. The van der Waals surface area contributed by atoms with Gasteiger partial charge in [-0.15, -0.1) is 0 Å². The molecule has 0 aliphatic rings. The maximum atomic E-state index is 13.2. The van der Waals surface area contributed by atoms with E-state index in [0.717, 1.165) is 96.3 Å². The van der Waals surface area contributed by atoms with E-state index in [0.29, 0.717) is 19.3 Å². The third-order valence-corrected chi connectivity index (χ3v) is 11.5. The van der Waals surface area contributed by atoms with Gasteiger partial charge in [0, 0.05) is 12.8 Å². The van der Waals surface area contributed by atoms with Crippen LogP contribution in [-0.2, 0) is 14.3 Å². The summed E-state index contributed by atoms with van der Waals surface area (Å²) in [5, 5.41) is 23.8.